The van der Waals surface area contributed by atoms with E-state index in [9.17, 15) is 14.0 Å². The Bertz CT molecular complexity index is 887. The van der Waals surface area contributed by atoms with Crippen molar-refractivity contribution in [1.29, 1.82) is 0 Å². The number of aliphatic imine (C=N–C) groups is 1. The highest BCUT2D eigenvalue weighted by molar-refractivity contribution is 6.18. The minimum atomic E-state index is -0.722. The second-order valence-corrected chi connectivity index (χ2v) is 5.80. The predicted octanol–water partition coefficient (Wildman–Crippen LogP) is 1.69. The smallest absolute Gasteiger partial charge is 0.390 e. The quantitative estimate of drug-likeness (QED) is 0.787. The van der Waals surface area contributed by atoms with Gasteiger partial charge in [0.15, 0.2) is 0 Å². The number of aryl methyl sites for hydroxylation is 1. The van der Waals surface area contributed by atoms with Crippen LogP contribution in [0.1, 0.15) is 17.4 Å². The third-order valence-corrected chi connectivity index (χ3v) is 4.14. The molecule has 2 aliphatic rings. The van der Waals surface area contributed by atoms with Crippen molar-refractivity contribution in [3.63, 3.8) is 0 Å². The number of amidine groups is 1. The Kier molecular flexibility index (Phi) is 3.02. The molecule has 2 aliphatic heterocycles. The number of urea groups is 1. The fraction of sp³-hybridized carbons (Fsp3) is 0.250. The summed E-state index contributed by atoms with van der Waals surface area (Å²) in [5.74, 6) is 0.224. The van der Waals surface area contributed by atoms with Gasteiger partial charge in [0.1, 0.15) is 17.8 Å². The number of imide groups is 1. The van der Waals surface area contributed by atoms with Crippen molar-refractivity contribution in [3.8, 4) is 0 Å². The second kappa shape index (κ2) is 4.98. The summed E-state index contributed by atoms with van der Waals surface area (Å²) < 4.78 is 20.1. The molecular formula is C16H14FN4O3+. The first-order chi connectivity index (χ1) is 11.5. The molecule has 8 heteroatoms. The van der Waals surface area contributed by atoms with Crippen LogP contribution in [0.15, 0.2) is 39.9 Å². The number of hydrogen-bond donors (Lipinski definition) is 0. The van der Waals surface area contributed by atoms with Crippen molar-refractivity contribution in [3.05, 3.63) is 47.6 Å². The molecule has 3 heterocycles. The van der Waals surface area contributed by atoms with E-state index >= 15 is 0 Å². The van der Waals surface area contributed by atoms with E-state index in [1.54, 1.807) is 36.9 Å². The molecule has 0 radical (unpaired) electrons. The molecule has 1 saturated heterocycles. The van der Waals surface area contributed by atoms with E-state index in [1.165, 1.54) is 17.0 Å². The summed E-state index contributed by atoms with van der Waals surface area (Å²) in [6.07, 6.45) is 1.69. The number of halogens is 1. The normalized spacial score (nSPS) is 19.5. The topological polar surface area (TPSA) is 70.0 Å². The number of oxazole rings is 1. The van der Waals surface area contributed by atoms with Crippen LogP contribution in [0, 0.1) is 12.7 Å². The van der Waals surface area contributed by atoms with Crippen molar-refractivity contribution in [2.75, 3.05) is 7.05 Å². The van der Waals surface area contributed by atoms with Crippen molar-refractivity contribution in [1.82, 2.24) is 9.80 Å². The molecule has 4 rings (SSSR count). The van der Waals surface area contributed by atoms with Gasteiger partial charge in [0.05, 0.1) is 6.54 Å². The first-order valence-electron chi connectivity index (χ1n) is 7.39. The number of hydrogen-bond acceptors (Lipinski definition) is 4. The van der Waals surface area contributed by atoms with E-state index < -0.39 is 12.1 Å². The highest BCUT2D eigenvalue weighted by Crippen LogP contribution is 2.29. The summed E-state index contributed by atoms with van der Waals surface area (Å²) in [5.41, 5.74) is 0.665. The summed E-state index contributed by atoms with van der Waals surface area (Å²) in [6.45, 7) is 1.83. The molecule has 1 aromatic heterocycles. The third kappa shape index (κ3) is 2.03. The predicted molar refractivity (Wildman–Crippen MR) is 79.9 cm³/mol. The Hall–Kier alpha value is -3.03. The fourth-order valence-corrected chi connectivity index (χ4v) is 2.95. The van der Waals surface area contributed by atoms with Crippen molar-refractivity contribution >= 4 is 23.8 Å². The molecule has 0 spiro atoms. The molecule has 24 heavy (non-hydrogen) atoms. The highest BCUT2D eigenvalue weighted by atomic mass is 19.1. The van der Waals surface area contributed by atoms with Gasteiger partial charge in [0.2, 0.25) is 0 Å². The van der Waals surface area contributed by atoms with E-state index in [0.717, 1.165) is 4.90 Å². The summed E-state index contributed by atoms with van der Waals surface area (Å²) in [6, 6.07) is 4.80. The molecule has 1 fully saturated rings. The zero-order valence-corrected chi connectivity index (χ0v) is 13.1. The molecule has 1 unspecified atom stereocenters. The lowest BCUT2D eigenvalue weighted by Crippen LogP contribution is -2.62. The van der Waals surface area contributed by atoms with E-state index in [4.69, 9.17) is 4.42 Å². The number of aromatic nitrogens is 1. The largest absolute Gasteiger partial charge is 0.506 e. The molecule has 1 aromatic carbocycles. The van der Waals surface area contributed by atoms with Gasteiger partial charge in [-0.2, -0.15) is 4.57 Å². The Morgan fingerprint density at radius 1 is 1.29 bits per heavy atom. The van der Waals surface area contributed by atoms with Crippen LogP contribution in [-0.2, 0) is 11.3 Å². The van der Waals surface area contributed by atoms with E-state index in [2.05, 4.69) is 4.99 Å². The zero-order chi connectivity index (χ0) is 17.0. The van der Waals surface area contributed by atoms with Gasteiger partial charge in [-0.25, -0.2) is 9.18 Å². The lowest BCUT2D eigenvalue weighted by molar-refractivity contribution is -0.679. The average Bonchev–Trinajstić information content (AvgIpc) is 3.07. The molecule has 2 aromatic rings. The van der Waals surface area contributed by atoms with Crippen LogP contribution in [0.2, 0.25) is 0 Å². The Morgan fingerprint density at radius 3 is 2.71 bits per heavy atom. The first-order valence-corrected chi connectivity index (χ1v) is 7.39. The lowest BCUT2D eigenvalue weighted by atomic mass is 10.1. The van der Waals surface area contributed by atoms with E-state index in [0.29, 0.717) is 23.2 Å². The summed E-state index contributed by atoms with van der Waals surface area (Å²) in [5, 5.41) is 0. The summed E-state index contributed by atoms with van der Waals surface area (Å²) in [4.78, 5) is 32.1. The standard InChI is InChI=1S/C16H14FN4O3/c1-9-7-20-12-13(18-15(20)24-9)19(2)16(23)21(14(12)22)8-10-3-5-11(17)6-4-10/h3-7,12H,8H2,1-2H3/q+1. The SMILES string of the molecule is Cc1c[n+]2c(o1)N=C1C2C(=O)N(Cc2ccc(F)cc2)C(=O)N1C. The maximum absolute atomic E-state index is 13.0. The lowest BCUT2D eigenvalue weighted by Gasteiger charge is -2.32. The van der Waals surface area contributed by atoms with Gasteiger partial charge in [-0.1, -0.05) is 12.1 Å². The summed E-state index contributed by atoms with van der Waals surface area (Å²) in [7, 11) is 1.57. The minimum absolute atomic E-state index is 0.0682. The number of rotatable bonds is 2. The second-order valence-electron chi connectivity index (χ2n) is 5.80. The van der Waals surface area contributed by atoms with Gasteiger partial charge in [-0.3, -0.25) is 14.6 Å². The highest BCUT2D eigenvalue weighted by Gasteiger charge is 2.54. The molecule has 0 saturated carbocycles. The van der Waals surface area contributed by atoms with Crippen LogP contribution in [0.25, 0.3) is 0 Å². The number of carbonyl (C=O) groups is 2. The number of amides is 3. The molecule has 3 amide bonds. The molecule has 122 valence electrons. The maximum Gasteiger partial charge on any atom is 0.506 e. The van der Waals surface area contributed by atoms with Crippen LogP contribution >= 0.6 is 0 Å². The van der Waals surface area contributed by atoms with Gasteiger partial charge >= 0.3 is 12.0 Å². The van der Waals surface area contributed by atoms with Crippen molar-refractivity contribution in [2.24, 2.45) is 4.99 Å². The molecule has 7 nitrogen and oxygen atoms in total. The van der Waals surface area contributed by atoms with Crippen LogP contribution in [-0.4, -0.2) is 34.6 Å². The van der Waals surface area contributed by atoms with Crippen molar-refractivity contribution < 1.29 is 23.0 Å². The Morgan fingerprint density at radius 2 is 2.00 bits per heavy atom. The van der Waals surface area contributed by atoms with Crippen LogP contribution in [0.4, 0.5) is 15.2 Å². The monoisotopic (exact) mass is 329 g/mol. The summed E-state index contributed by atoms with van der Waals surface area (Å²) >= 11 is 0. The average molecular weight is 329 g/mol. The first kappa shape index (κ1) is 14.6. The number of fused-ring (bicyclic) bond motifs is 3. The Balaban J connectivity index is 1.70. The number of benzene rings is 1. The van der Waals surface area contributed by atoms with Crippen LogP contribution in [0.5, 0.6) is 0 Å². The molecular weight excluding hydrogens is 315 g/mol. The van der Waals surface area contributed by atoms with Crippen molar-refractivity contribution in [2.45, 2.75) is 19.5 Å². The van der Waals surface area contributed by atoms with Gasteiger partial charge in [-0.15, -0.1) is 0 Å². The van der Waals surface area contributed by atoms with E-state index in [-0.39, 0.29) is 18.3 Å². The van der Waals surface area contributed by atoms with Gasteiger partial charge in [0.25, 0.3) is 17.8 Å². The molecule has 0 aliphatic carbocycles. The minimum Gasteiger partial charge on any atom is -0.390 e. The van der Waals surface area contributed by atoms with Crippen LogP contribution < -0.4 is 4.57 Å². The fourth-order valence-electron chi connectivity index (χ4n) is 2.95. The molecule has 0 bridgehead atoms. The number of carbonyl (C=O) groups excluding carboxylic acids is 2. The van der Waals surface area contributed by atoms with E-state index in [1.807, 2.05) is 0 Å². The van der Waals surface area contributed by atoms with Gasteiger partial charge < -0.3 is 4.42 Å². The molecule has 0 N–H and O–H groups in total. The van der Waals surface area contributed by atoms with Crippen LogP contribution in [0.3, 0.4) is 0 Å². The number of likely N-dealkylation sites (N-methyl/N-ethyl adjacent to an activating group) is 1. The number of nitrogens with zero attached hydrogens (tertiary/aromatic N) is 4. The Labute approximate surface area is 136 Å². The van der Waals surface area contributed by atoms with Gasteiger partial charge in [0, 0.05) is 12.0 Å². The van der Waals surface area contributed by atoms with Gasteiger partial charge in [-0.05, 0) is 24.6 Å². The maximum atomic E-state index is 13.0. The zero-order valence-electron chi connectivity index (χ0n) is 13.1. The molecule has 1 atom stereocenters. The third-order valence-electron chi connectivity index (χ3n) is 4.14.